The first-order valence-electron chi connectivity index (χ1n) is 7.63. The van der Waals surface area contributed by atoms with Gasteiger partial charge < -0.3 is 9.47 Å². The van der Waals surface area contributed by atoms with E-state index in [9.17, 15) is 4.79 Å². The van der Waals surface area contributed by atoms with E-state index in [1.54, 1.807) is 6.20 Å². The van der Waals surface area contributed by atoms with Gasteiger partial charge in [-0.25, -0.2) is 0 Å². The van der Waals surface area contributed by atoms with Crippen molar-refractivity contribution in [1.82, 2.24) is 19.2 Å². The van der Waals surface area contributed by atoms with Gasteiger partial charge in [-0.05, 0) is 38.0 Å². The maximum Gasteiger partial charge on any atom is 0.224 e. The van der Waals surface area contributed by atoms with Gasteiger partial charge in [0.05, 0.1) is 12.6 Å². The van der Waals surface area contributed by atoms with Crippen molar-refractivity contribution >= 4 is 5.91 Å². The second-order valence-corrected chi connectivity index (χ2v) is 5.79. The fraction of sp³-hybridized carbons (Fsp3) is 0.500. The van der Waals surface area contributed by atoms with E-state index in [2.05, 4.69) is 16.6 Å². The number of nitrogens with zero attached hydrogens (tertiary/aromatic N) is 4. The fourth-order valence-electron chi connectivity index (χ4n) is 3.10. The van der Waals surface area contributed by atoms with Crippen LogP contribution in [0.2, 0.25) is 0 Å². The zero-order valence-corrected chi connectivity index (χ0v) is 12.4. The highest BCUT2D eigenvalue weighted by Crippen LogP contribution is 2.22. The minimum Gasteiger partial charge on any atom is -0.351 e. The quantitative estimate of drug-likeness (QED) is 0.846. The molecule has 5 heteroatoms. The number of rotatable bonds is 5. The van der Waals surface area contributed by atoms with Crippen LogP contribution < -0.4 is 0 Å². The summed E-state index contributed by atoms with van der Waals surface area (Å²) in [6.45, 7) is 3.77. The molecular formula is C16H22N4O. The third-order valence-corrected chi connectivity index (χ3v) is 4.26. The van der Waals surface area contributed by atoms with Gasteiger partial charge in [0, 0.05) is 43.8 Å². The highest BCUT2D eigenvalue weighted by Gasteiger charge is 2.29. The Morgan fingerprint density at radius 1 is 1.29 bits per heavy atom. The van der Waals surface area contributed by atoms with Crippen molar-refractivity contribution in [3.63, 3.8) is 0 Å². The molecular weight excluding hydrogens is 264 g/mol. The molecule has 1 fully saturated rings. The molecule has 3 heterocycles. The molecule has 0 N–H and O–H groups in total. The summed E-state index contributed by atoms with van der Waals surface area (Å²) in [6.07, 6.45) is 10.5. The highest BCUT2D eigenvalue weighted by molar-refractivity contribution is 5.77. The third-order valence-electron chi connectivity index (χ3n) is 4.26. The van der Waals surface area contributed by atoms with E-state index in [1.807, 2.05) is 46.4 Å². The van der Waals surface area contributed by atoms with Crippen molar-refractivity contribution in [2.45, 2.75) is 44.8 Å². The third kappa shape index (κ3) is 3.17. The topological polar surface area (TPSA) is 43.1 Å². The van der Waals surface area contributed by atoms with Crippen LogP contribution in [0.3, 0.4) is 0 Å². The van der Waals surface area contributed by atoms with Crippen LogP contribution in [0.15, 0.2) is 43.0 Å². The minimum atomic E-state index is 0.207. The molecule has 0 aliphatic carbocycles. The summed E-state index contributed by atoms with van der Waals surface area (Å²) in [5.74, 6) is 0.255. The molecule has 2 aromatic rings. The van der Waals surface area contributed by atoms with Gasteiger partial charge in [-0.2, -0.15) is 5.10 Å². The van der Waals surface area contributed by atoms with E-state index >= 15 is 0 Å². The van der Waals surface area contributed by atoms with Crippen LogP contribution in [0.1, 0.15) is 32.2 Å². The molecule has 0 bridgehead atoms. The van der Waals surface area contributed by atoms with Crippen LogP contribution in [0.5, 0.6) is 0 Å². The lowest BCUT2D eigenvalue weighted by molar-refractivity contribution is -0.133. The number of carbonyl (C=O) groups is 1. The standard InChI is InChI=1S/C16H22N4O/c1-14(18-8-2-3-9-18)12-16(21)20-11-4-6-15(20)13-19-10-5-7-17-19/h2-3,5,7-10,14-15H,4,6,11-13H2,1H3/t14-,15+/m1/s1. The molecule has 5 nitrogen and oxygen atoms in total. The average Bonchev–Trinajstić information content (AvgIpc) is 3.22. The molecule has 1 aliphatic heterocycles. The Labute approximate surface area is 125 Å². The lowest BCUT2D eigenvalue weighted by Crippen LogP contribution is -2.38. The molecule has 0 unspecified atom stereocenters. The molecule has 3 rings (SSSR count). The SMILES string of the molecule is C[C@H](CC(=O)N1CCC[C@H]1Cn1cccn1)n1cccc1. The van der Waals surface area contributed by atoms with E-state index in [-0.39, 0.29) is 18.0 Å². The van der Waals surface area contributed by atoms with E-state index < -0.39 is 0 Å². The van der Waals surface area contributed by atoms with Crippen molar-refractivity contribution in [2.24, 2.45) is 0 Å². The van der Waals surface area contributed by atoms with E-state index in [0.29, 0.717) is 6.42 Å². The van der Waals surface area contributed by atoms with Gasteiger partial charge in [-0.15, -0.1) is 0 Å². The Hall–Kier alpha value is -2.04. The first-order chi connectivity index (χ1) is 10.2. The summed E-state index contributed by atoms with van der Waals surface area (Å²) in [7, 11) is 0. The smallest absolute Gasteiger partial charge is 0.224 e. The van der Waals surface area contributed by atoms with Crippen LogP contribution in [0, 0.1) is 0 Å². The van der Waals surface area contributed by atoms with Crippen LogP contribution >= 0.6 is 0 Å². The molecule has 0 radical (unpaired) electrons. The molecule has 0 aromatic carbocycles. The molecule has 1 amide bonds. The second-order valence-electron chi connectivity index (χ2n) is 5.79. The van der Waals surface area contributed by atoms with Gasteiger partial charge in [0.15, 0.2) is 0 Å². The minimum absolute atomic E-state index is 0.207. The summed E-state index contributed by atoms with van der Waals surface area (Å²) >= 11 is 0. The lowest BCUT2D eigenvalue weighted by atomic mass is 10.2. The zero-order chi connectivity index (χ0) is 14.7. The van der Waals surface area contributed by atoms with Crippen LogP contribution in [-0.4, -0.2) is 37.7 Å². The van der Waals surface area contributed by atoms with Crippen LogP contribution in [-0.2, 0) is 11.3 Å². The molecule has 1 aliphatic rings. The highest BCUT2D eigenvalue weighted by atomic mass is 16.2. The van der Waals surface area contributed by atoms with Crippen molar-refractivity contribution in [2.75, 3.05) is 6.54 Å². The normalized spacial score (nSPS) is 19.9. The summed E-state index contributed by atoms with van der Waals surface area (Å²) in [5.41, 5.74) is 0. The second kappa shape index (κ2) is 6.16. The number of hydrogen-bond donors (Lipinski definition) is 0. The van der Waals surface area contributed by atoms with Crippen molar-refractivity contribution < 1.29 is 4.79 Å². The molecule has 21 heavy (non-hydrogen) atoms. The Bertz CT molecular complexity index is 561. The first kappa shape index (κ1) is 13.9. The Morgan fingerprint density at radius 3 is 2.81 bits per heavy atom. The molecule has 1 saturated heterocycles. The van der Waals surface area contributed by atoms with E-state index in [1.165, 1.54) is 0 Å². The largest absolute Gasteiger partial charge is 0.351 e. The average molecular weight is 286 g/mol. The summed E-state index contributed by atoms with van der Waals surface area (Å²) in [5, 5.41) is 4.25. The van der Waals surface area contributed by atoms with Gasteiger partial charge in [0.2, 0.25) is 5.91 Å². The molecule has 2 atom stereocenters. The van der Waals surface area contributed by atoms with E-state index in [4.69, 9.17) is 0 Å². The maximum absolute atomic E-state index is 12.6. The maximum atomic E-state index is 12.6. The molecule has 2 aromatic heterocycles. The molecule has 112 valence electrons. The summed E-state index contributed by atoms with van der Waals surface area (Å²) in [6, 6.07) is 6.41. The number of amides is 1. The summed E-state index contributed by atoms with van der Waals surface area (Å²) in [4.78, 5) is 14.6. The molecule has 0 spiro atoms. The number of carbonyl (C=O) groups excluding carboxylic acids is 1. The van der Waals surface area contributed by atoms with Crippen molar-refractivity contribution in [3.05, 3.63) is 43.0 Å². The van der Waals surface area contributed by atoms with Crippen molar-refractivity contribution in [3.8, 4) is 0 Å². The first-order valence-corrected chi connectivity index (χ1v) is 7.63. The fourth-order valence-corrected chi connectivity index (χ4v) is 3.10. The Kier molecular flexibility index (Phi) is 4.08. The van der Waals surface area contributed by atoms with Crippen LogP contribution in [0.25, 0.3) is 0 Å². The van der Waals surface area contributed by atoms with Gasteiger partial charge in [0.1, 0.15) is 0 Å². The van der Waals surface area contributed by atoms with Crippen LogP contribution in [0.4, 0.5) is 0 Å². The van der Waals surface area contributed by atoms with Gasteiger partial charge >= 0.3 is 0 Å². The predicted molar refractivity (Wildman–Crippen MR) is 80.7 cm³/mol. The number of aromatic nitrogens is 3. The number of hydrogen-bond acceptors (Lipinski definition) is 2. The number of likely N-dealkylation sites (tertiary alicyclic amines) is 1. The van der Waals surface area contributed by atoms with E-state index in [0.717, 1.165) is 25.9 Å². The zero-order valence-electron chi connectivity index (χ0n) is 12.4. The summed E-state index contributed by atoms with van der Waals surface area (Å²) < 4.78 is 4.02. The monoisotopic (exact) mass is 286 g/mol. The van der Waals surface area contributed by atoms with Gasteiger partial charge in [-0.3, -0.25) is 9.48 Å². The predicted octanol–water partition coefficient (Wildman–Crippen LogP) is 2.33. The van der Waals surface area contributed by atoms with Gasteiger partial charge in [-0.1, -0.05) is 0 Å². The van der Waals surface area contributed by atoms with Crippen molar-refractivity contribution in [1.29, 1.82) is 0 Å². The molecule has 0 saturated carbocycles. The Morgan fingerprint density at radius 2 is 2.10 bits per heavy atom. The van der Waals surface area contributed by atoms with Gasteiger partial charge in [0.25, 0.3) is 0 Å². The lowest BCUT2D eigenvalue weighted by Gasteiger charge is -2.26. The Balaban J connectivity index is 1.60.